The predicted molar refractivity (Wildman–Crippen MR) is 231 cm³/mol. The smallest absolute Gasteiger partial charge is 0.127 e. The van der Waals surface area contributed by atoms with Crippen LogP contribution in [0.4, 0.5) is 0 Å². The summed E-state index contributed by atoms with van der Waals surface area (Å²) in [7, 11) is 0.590. The van der Waals surface area contributed by atoms with E-state index in [0.717, 1.165) is 31.8 Å². The van der Waals surface area contributed by atoms with E-state index in [4.69, 9.17) is 4.74 Å². The van der Waals surface area contributed by atoms with E-state index in [0.29, 0.717) is 15.2 Å². The zero-order chi connectivity index (χ0) is 38.1. The van der Waals surface area contributed by atoms with Crippen LogP contribution in [-0.4, -0.2) is 4.90 Å². The molecule has 280 valence electrons. The van der Waals surface area contributed by atoms with Gasteiger partial charge in [-0.15, -0.1) is 0 Å². The zero-order valence-corrected chi connectivity index (χ0v) is 35.1. The Bertz CT molecular complexity index is 1830. The average Bonchev–Trinajstić information content (AvgIpc) is 3.12. The van der Waals surface area contributed by atoms with E-state index in [1.807, 2.05) is 0 Å². The van der Waals surface area contributed by atoms with Gasteiger partial charge in [0.2, 0.25) is 0 Å². The first-order valence-electron chi connectivity index (χ1n) is 19.8. The lowest BCUT2D eigenvalue weighted by Gasteiger charge is -2.38. The number of aryl methyl sites for hydroxylation is 1. The molecule has 53 heavy (non-hydrogen) atoms. The molecular formula is C50H64NOP. The molecule has 0 aromatic heterocycles. The summed E-state index contributed by atoms with van der Waals surface area (Å²) in [5.41, 5.74) is 10.7. The Morgan fingerprint density at radius 1 is 0.585 bits per heavy atom. The molecule has 5 aromatic carbocycles. The fourth-order valence-corrected chi connectivity index (χ4v) is 9.09. The summed E-state index contributed by atoms with van der Waals surface area (Å²) in [4.78, 5) is 2.62. The number of ether oxygens (including phenoxy) is 1. The Morgan fingerprint density at radius 3 is 1.66 bits per heavy atom. The Morgan fingerprint density at radius 2 is 1.13 bits per heavy atom. The van der Waals surface area contributed by atoms with Crippen molar-refractivity contribution in [3.63, 3.8) is 0 Å². The van der Waals surface area contributed by atoms with Gasteiger partial charge in [0, 0.05) is 35.9 Å². The first-order chi connectivity index (χ1) is 25.3. The van der Waals surface area contributed by atoms with Crippen molar-refractivity contribution >= 4 is 13.9 Å². The van der Waals surface area contributed by atoms with Gasteiger partial charge in [-0.1, -0.05) is 205 Å². The molecule has 5 aromatic rings. The van der Waals surface area contributed by atoms with Crippen molar-refractivity contribution in [2.75, 3.05) is 0 Å². The van der Waals surface area contributed by atoms with Crippen LogP contribution in [0.3, 0.4) is 0 Å². The summed E-state index contributed by atoms with van der Waals surface area (Å²) in [5, 5.41) is 1.39. The van der Waals surface area contributed by atoms with Gasteiger partial charge in [0.25, 0.3) is 0 Å². The number of unbranched alkanes of at least 4 members (excludes halogenated alkanes) is 2. The Balaban J connectivity index is 1.64. The molecular weight excluding hydrogens is 662 g/mol. The van der Waals surface area contributed by atoms with Gasteiger partial charge in [0.1, 0.15) is 12.4 Å². The lowest BCUT2D eigenvalue weighted by molar-refractivity contribution is 0.248. The maximum Gasteiger partial charge on any atom is 0.127 e. The average molecular weight is 726 g/mol. The summed E-state index contributed by atoms with van der Waals surface area (Å²) in [6.45, 7) is 24.6. The SMILES string of the molecule is CCCCCC(C)(Pc1c(C)cccc1CN(Cc1ccccc1)Cc1ccccc1)c1cc(C(C)(C)C)cc(C(C)(C)C)c1OCc1ccccc1. The second-order valence-corrected chi connectivity index (χ2v) is 19.2. The highest BCUT2D eigenvalue weighted by molar-refractivity contribution is 7.48. The Labute approximate surface area is 324 Å². The molecule has 0 aliphatic carbocycles. The fourth-order valence-electron chi connectivity index (χ4n) is 7.31. The molecule has 0 radical (unpaired) electrons. The van der Waals surface area contributed by atoms with Crippen molar-refractivity contribution in [2.24, 2.45) is 0 Å². The van der Waals surface area contributed by atoms with E-state index in [1.54, 1.807) is 0 Å². The third kappa shape index (κ3) is 11.2. The number of hydrogen-bond donors (Lipinski definition) is 0. The van der Waals surface area contributed by atoms with Gasteiger partial charge in [0.05, 0.1) is 0 Å². The lowest BCUT2D eigenvalue weighted by atomic mass is 9.76. The maximum atomic E-state index is 7.09. The first kappa shape index (κ1) is 40.5. The van der Waals surface area contributed by atoms with Gasteiger partial charge in [-0.2, -0.15) is 0 Å². The number of hydrogen-bond acceptors (Lipinski definition) is 2. The lowest BCUT2D eigenvalue weighted by Crippen LogP contribution is -2.29. The topological polar surface area (TPSA) is 12.5 Å². The Kier molecular flexibility index (Phi) is 13.8. The van der Waals surface area contributed by atoms with Crippen molar-refractivity contribution in [2.45, 2.75) is 130 Å². The molecule has 0 heterocycles. The second kappa shape index (κ2) is 18.1. The maximum absolute atomic E-state index is 7.09. The highest BCUT2D eigenvalue weighted by Gasteiger charge is 2.36. The van der Waals surface area contributed by atoms with Gasteiger partial charge < -0.3 is 4.74 Å². The van der Waals surface area contributed by atoms with Crippen LogP contribution in [0.2, 0.25) is 0 Å². The highest BCUT2D eigenvalue weighted by Crippen LogP contribution is 2.53. The molecule has 5 rings (SSSR count). The molecule has 0 aliphatic heterocycles. The molecule has 3 heteroatoms. The van der Waals surface area contributed by atoms with Crippen molar-refractivity contribution in [3.05, 3.63) is 166 Å². The van der Waals surface area contributed by atoms with Crippen molar-refractivity contribution < 1.29 is 4.74 Å². The first-order valence-corrected chi connectivity index (χ1v) is 20.8. The van der Waals surface area contributed by atoms with Crippen LogP contribution in [0.15, 0.2) is 121 Å². The highest BCUT2D eigenvalue weighted by atomic mass is 31.1. The van der Waals surface area contributed by atoms with Crippen LogP contribution in [0.1, 0.15) is 126 Å². The summed E-state index contributed by atoms with van der Waals surface area (Å²) < 4.78 is 7.09. The van der Waals surface area contributed by atoms with E-state index in [2.05, 4.69) is 189 Å². The van der Waals surface area contributed by atoms with Gasteiger partial charge in [0.15, 0.2) is 0 Å². The molecule has 0 saturated carbocycles. The van der Waals surface area contributed by atoms with Gasteiger partial charge in [-0.05, 0) is 62.9 Å². The van der Waals surface area contributed by atoms with Gasteiger partial charge in [-0.3, -0.25) is 4.90 Å². The minimum Gasteiger partial charge on any atom is -0.488 e. The van der Waals surface area contributed by atoms with Crippen LogP contribution in [0.25, 0.3) is 0 Å². The van der Waals surface area contributed by atoms with E-state index >= 15 is 0 Å². The third-order valence-corrected chi connectivity index (χ3v) is 12.6. The molecule has 0 fully saturated rings. The zero-order valence-electron chi connectivity index (χ0n) is 34.1. The standard InChI is InChI=1S/C50H64NOP/c1-10-11-21-31-50(9,45-33-43(48(3,4)5)32-44(49(6,7)8)46(45)52-37-41-28-19-14-20-29-41)53-47-38(2)23-22-30-42(47)36-51(34-39-24-15-12-16-25-39)35-40-26-17-13-18-27-40/h12-20,22-30,32-33,53H,10-11,21,31,34-37H2,1-9H3. The molecule has 0 N–H and O–H groups in total. The summed E-state index contributed by atoms with van der Waals surface area (Å²) in [6, 6.07) is 44.5. The predicted octanol–water partition coefficient (Wildman–Crippen LogP) is 13.2. The van der Waals surface area contributed by atoms with E-state index in [-0.39, 0.29) is 16.0 Å². The molecule has 2 atom stereocenters. The van der Waals surface area contributed by atoms with Crippen LogP contribution < -0.4 is 10.0 Å². The second-order valence-electron chi connectivity index (χ2n) is 17.3. The van der Waals surface area contributed by atoms with Crippen LogP contribution in [0, 0.1) is 6.92 Å². The van der Waals surface area contributed by atoms with Gasteiger partial charge >= 0.3 is 0 Å². The molecule has 2 unspecified atom stereocenters. The van der Waals surface area contributed by atoms with Crippen LogP contribution in [-0.2, 0) is 42.2 Å². The molecule has 0 spiro atoms. The molecule has 0 aliphatic rings. The molecule has 0 saturated heterocycles. The minimum absolute atomic E-state index is 0.00332. The van der Waals surface area contributed by atoms with Crippen LogP contribution >= 0.6 is 8.58 Å². The summed E-state index contributed by atoms with van der Waals surface area (Å²) >= 11 is 0. The molecule has 0 bridgehead atoms. The number of benzene rings is 5. The normalized spacial score (nSPS) is 13.5. The van der Waals surface area contributed by atoms with E-state index < -0.39 is 0 Å². The van der Waals surface area contributed by atoms with E-state index in [9.17, 15) is 0 Å². The third-order valence-electron chi connectivity index (χ3n) is 10.5. The molecule has 2 nitrogen and oxygen atoms in total. The quantitative estimate of drug-likeness (QED) is 0.0742. The minimum atomic E-state index is -0.118. The summed E-state index contributed by atoms with van der Waals surface area (Å²) in [5.74, 6) is 1.09. The van der Waals surface area contributed by atoms with E-state index in [1.165, 1.54) is 69.1 Å². The molecule has 0 amide bonds. The largest absolute Gasteiger partial charge is 0.488 e. The van der Waals surface area contributed by atoms with Crippen molar-refractivity contribution in [1.29, 1.82) is 0 Å². The van der Waals surface area contributed by atoms with Crippen molar-refractivity contribution in [1.82, 2.24) is 4.90 Å². The number of nitrogens with zero attached hydrogens (tertiary/aromatic N) is 1. The summed E-state index contributed by atoms with van der Waals surface area (Å²) in [6.07, 6.45) is 4.74. The monoisotopic (exact) mass is 725 g/mol. The Hall–Kier alpha value is -3.71. The van der Waals surface area contributed by atoms with Crippen molar-refractivity contribution in [3.8, 4) is 5.75 Å². The number of rotatable bonds is 16. The van der Waals surface area contributed by atoms with Crippen LogP contribution in [0.5, 0.6) is 5.75 Å². The van der Waals surface area contributed by atoms with Gasteiger partial charge in [-0.25, -0.2) is 0 Å². The fraction of sp³-hybridized carbons (Fsp3) is 0.400.